The predicted octanol–water partition coefficient (Wildman–Crippen LogP) is 1.78. The van der Waals surface area contributed by atoms with Crippen molar-refractivity contribution in [2.24, 2.45) is 0 Å². The zero-order valence-corrected chi connectivity index (χ0v) is 10.2. The fourth-order valence-electron chi connectivity index (χ4n) is 1.58. The summed E-state index contributed by atoms with van der Waals surface area (Å²) in [6.45, 7) is 0. The minimum atomic E-state index is -3.66. The van der Waals surface area contributed by atoms with E-state index in [1.807, 2.05) is 0 Å². The van der Waals surface area contributed by atoms with Crippen LogP contribution in [0.4, 0.5) is 10.1 Å². The zero-order chi connectivity index (χ0) is 13.2. The van der Waals surface area contributed by atoms with Crippen LogP contribution >= 0.6 is 0 Å². The molecule has 0 amide bonds. The van der Waals surface area contributed by atoms with Crippen molar-refractivity contribution in [3.8, 4) is 0 Å². The lowest BCUT2D eigenvalue weighted by atomic mass is 10.2. The average molecular weight is 266 g/mol. The van der Waals surface area contributed by atoms with E-state index >= 15 is 0 Å². The lowest BCUT2D eigenvalue weighted by Gasteiger charge is -2.06. The molecular weight excluding hydrogens is 255 g/mol. The fraction of sp³-hybridized carbons (Fsp3) is 0.0833. The van der Waals surface area contributed by atoms with Gasteiger partial charge in [0.2, 0.25) is 9.84 Å². The molecule has 0 radical (unpaired) electrons. The molecule has 0 bridgehead atoms. The second-order valence-electron chi connectivity index (χ2n) is 3.79. The monoisotopic (exact) mass is 266 g/mol. The van der Waals surface area contributed by atoms with Gasteiger partial charge in [-0.1, -0.05) is 12.1 Å². The van der Waals surface area contributed by atoms with Gasteiger partial charge in [0.1, 0.15) is 5.82 Å². The Hall–Kier alpha value is -1.95. The van der Waals surface area contributed by atoms with Gasteiger partial charge in [0.15, 0.2) is 5.03 Å². The van der Waals surface area contributed by atoms with E-state index in [2.05, 4.69) is 4.98 Å². The molecule has 0 spiro atoms. The number of hydrogen-bond acceptors (Lipinski definition) is 4. The van der Waals surface area contributed by atoms with Gasteiger partial charge in [-0.05, 0) is 29.8 Å². The highest BCUT2D eigenvalue weighted by Crippen LogP contribution is 2.19. The van der Waals surface area contributed by atoms with Gasteiger partial charge in [-0.3, -0.25) is 0 Å². The average Bonchev–Trinajstić information content (AvgIpc) is 2.28. The van der Waals surface area contributed by atoms with Gasteiger partial charge in [-0.2, -0.15) is 0 Å². The molecule has 1 aromatic heterocycles. The summed E-state index contributed by atoms with van der Waals surface area (Å²) in [7, 11) is -3.66. The summed E-state index contributed by atoms with van der Waals surface area (Å²) in [6.07, 6.45) is 1.36. The summed E-state index contributed by atoms with van der Waals surface area (Å²) in [5.74, 6) is -0.803. The predicted molar refractivity (Wildman–Crippen MR) is 65.9 cm³/mol. The molecule has 0 fully saturated rings. The van der Waals surface area contributed by atoms with Crippen molar-refractivity contribution >= 4 is 15.5 Å². The van der Waals surface area contributed by atoms with Gasteiger partial charge in [0.05, 0.1) is 11.4 Å². The number of pyridine rings is 1. The van der Waals surface area contributed by atoms with E-state index in [4.69, 9.17) is 5.73 Å². The number of aromatic nitrogens is 1. The smallest absolute Gasteiger partial charge is 0.201 e. The maximum atomic E-state index is 13.0. The van der Waals surface area contributed by atoms with Gasteiger partial charge in [0.25, 0.3) is 0 Å². The maximum Gasteiger partial charge on any atom is 0.201 e. The van der Waals surface area contributed by atoms with Crippen LogP contribution in [0.2, 0.25) is 0 Å². The Kier molecular flexibility index (Phi) is 3.29. The van der Waals surface area contributed by atoms with Crippen LogP contribution in [-0.4, -0.2) is 13.4 Å². The summed E-state index contributed by atoms with van der Waals surface area (Å²) in [6, 6.07) is 8.45. The maximum absolute atomic E-state index is 13.0. The van der Waals surface area contributed by atoms with Crippen LogP contribution in [0.1, 0.15) is 5.56 Å². The van der Waals surface area contributed by atoms with Crippen LogP contribution in [0.3, 0.4) is 0 Å². The first kappa shape index (κ1) is 12.5. The van der Waals surface area contributed by atoms with Crippen molar-refractivity contribution in [2.75, 3.05) is 5.73 Å². The largest absolute Gasteiger partial charge is 0.396 e. The number of rotatable bonds is 3. The van der Waals surface area contributed by atoms with Gasteiger partial charge >= 0.3 is 0 Å². The zero-order valence-electron chi connectivity index (χ0n) is 9.38. The van der Waals surface area contributed by atoms with Crippen molar-refractivity contribution in [3.05, 3.63) is 54.0 Å². The quantitative estimate of drug-likeness (QED) is 0.919. The number of nitrogens with two attached hydrogens (primary N) is 1. The van der Waals surface area contributed by atoms with E-state index in [0.717, 1.165) is 0 Å². The lowest BCUT2D eigenvalue weighted by molar-refractivity contribution is 0.591. The summed E-state index contributed by atoms with van der Waals surface area (Å²) in [5.41, 5.74) is 6.03. The number of sulfone groups is 1. The van der Waals surface area contributed by atoms with Crippen molar-refractivity contribution in [3.63, 3.8) is 0 Å². The number of nitrogen functional groups attached to an aromatic ring is 1. The van der Waals surface area contributed by atoms with Crippen LogP contribution in [0.15, 0.2) is 47.6 Å². The molecule has 0 saturated heterocycles. The van der Waals surface area contributed by atoms with E-state index in [9.17, 15) is 12.8 Å². The number of halogens is 1. The summed E-state index contributed by atoms with van der Waals surface area (Å²) in [4.78, 5) is 3.76. The minimum absolute atomic E-state index is 0.0916. The van der Waals surface area contributed by atoms with Gasteiger partial charge < -0.3 is 5.73 Å². The van der Waals surface area contributed by atoms with Crippen molar-refractivity contribution < 1.29 is 12.8 Å². The van der Waals surface area contributed by atoms with Crippen molar-refractivity contribution in [1.29, 1.82) is 0 Å². The standard InChI is InChI=1S/C12H11FN2O2S/c13-10-4-1-3-9(7-10)8-18(16,17)12-11(14)5-2-6-15-12/h1-7H,8,14H2. The summed E-state index contributed by atoms with van der Waals surface area (Å²) < 4.78 is 37.1. The van der Waals surface area contributed by atoms with Crippen LogP contribution < -0.4 is 5.73 Å². The molecule has 0 saturated carbocycles. The van der Waals surface area contributed by atoms with E-state index < -0.39 is 15.7 Å². The first-order valence-corrected chi connectivity index (χ1v) is 6.82. The van der Waals surface area contributed by atoms with Crippen molar-refractivity contribution in [2.45, 2.75) is 10.8 Å². The molecule has 94 valence electrons. The van der Waals surface area contributed by atoms with E-state index in [1.165, 1.54) is 30.5 Å². The molecule has 4 nitrogen and oxygen atoms in total. The molecule has 2 N–H and O–H groups in total. The minimum Gasteiger partial charge on any atom is -0.396 e. The molecule has 2 aromatic rings. The van der Waals surface area contributed by atoms with E-state index in [-0.39, 0.29) is 16.5 Å². The SMILES string of the molecule is Nc1cccnc1S(=O)(=O)Cc1cccc(F)c1. The Morgan fingerprint density at radius 2 is 2.00 bits per heavy atom. The van der Waals surface area contributed by atoms with Gasteiger partial charge in [-0.15, -0.1) is 0 Å². The molecule has 0 unspecified atom stereocenters. The Morgan fingerprint density at radius 1 is 1.22 bits per heavy atom. The van der Waals surface area contributed by atoms with E-state index in [0.29, 0.717) is 5.56 Å². The molecule has 1 aromatic carbocycles. The Balaban J connectivity index is 2.37. The van der Waals surface area contributed by atoms with Crippen LogP contribution in [0.25, 0.3) is 0 Å². The summed E-state index contributed by atoms with van der Waals surface area (Å²) >= 11 is 0. The third-order valence-electron chi connectivity index (χ3n) is 2.34. The topological polar surface area (TPSA) is 73.0 Å². The van der Waals surface area contributed by atoms with Gasteiger partial charge in [-0.25, -0.2) is 17.8 Å². The highest BCUT2D eigenvalue weighted by molar-refractivity contribution is 7.90. The molecule has 1 heterocycles. The lowest BCUT2D eigenvalue weighted by Crippen LogP contribution is -2.10. The molecule has 6 heteroatoms. The van der Waals surface area contributed by atoms with Crippen LogP contribution in [0, 0.1) is 5.82 Å². The van der Waals surface area contributed by atoms with Crippen LogP contribution in [-0.2, 0) is 15.6 Å². The number of hydrogen-bond donors (Lipinski definition) is 1. The molecule has 0 aliphatic carbocycles. The summed E-state index contributed by atoms with van der Waals surface area (Å²) in [5, 5.41) is -0.172. The number of anilines is 1. The Morgan fingerprint density at radius 3 is 2.67 bits per heavy atom. The first-order chi connectivity index (χ1) is 8.49. The second kappa shape index (κ2) is 4.73. The van der Waals surface area contributed by atoms with Crippen molar-refractivity contribution in [1.82, 2.24) is 4.98 Å². The number of benzene rings is 1. The highest BCUT2D eigenvalue weighted by atomic mass is 32.2. The Labute approximate surface area is 104 Å². The van der Waals surface area contributed by atoms with Gasteiger partial charge in [0, 0.05) is 6.20 Å². The third-order valence-corrected chi connectivity index (χ3v) is 3.98. The molecule has 0 aliphatic heterocycles. The molecule has 2 rings (SSSR count). The second-order valence-corrected chi connectivity index (χ2v) is 5.69. The van der Waals surface area contributed by atoms with Crippen LogP contribution in [0.5, 0.6) is 0 Å². The fourth-order valence-corrected chi connectivity index (χ4v) is 2.98. The Bertz CT molecular complexity index is 671. The molecule has 18 heavy (non-hydrogen) atoms. The third kappa shape index (κ3) is 2.65. The highest BCUT2D eigenvalue weighted by Gasteiger charge is 2.19. The molecule has 0 atom stereocenters. The molecule has 0 aliphatic rings. The number of nitrogens with zero attached hydrogens (tertiary/aromatic N) is 1. The first-order valence-electron chi connectivity index (χ1n) is 5.17. The van der Waals surface area contributed by atoms with E-state index in [1.54, 1.807) is 12.1 Å². The normalized spacial score (nSPS) is 11.4. The molecular formula is C12H11FN2O2S.